The van der Waals surface area contributed by atoms with Crippen molar-refractivity contribution >= 4 is 17.8 Å². The molecule has 0 rings (SSSR count). The number of unbranched alkanes of at least 4 members (excludes halogenated alkanes) is 35. The lowest BCUT2D eigenvalue weighted by molar-refractivity contribution is -0.145. The van der Waals surface area contributed by atoms with Gasteiger partial charge in [-0.1, -0.05) is 279 Å². The second kappa shape index (κ2) is 56.6. The Morgan fingerprint density at radius 2 is 0.726 bits per heavy atom. The van der Waals surface area contributed by atoms with E-state index in [9.17, 15) is 14.4 Å². The highest BCUT2D eigenvalue weighted by Gasteiger charge is 2.19. The van der Waals surface area contributed by atoms with E-state index >= 15 is 0 Å². The largest absolute Gasteiger partial charge is 0.465 e. The first-order valence-corrected chi connectivity index (χ1v) is 33.1. The fourth-order valence-corrected chi connectivity index (χ4v) is 10.9. The Bertz CT molecular complexity index is 1140. The fraction of sp³-hybridized carbons (Fsp3) is 0.955. The minimum absolute atomic E-state index is 0.00596. The van der Waals surface area contributed by atoms with Crippen molar-refractivity contribution in [1.29, 1.82) is 0 Å². The number of nitrogens with one attached hydrogen (secondary N) is 1. The summed E-state index contributed by atoms with van der Waals surface area (Å²) in [5.41, 5.74) is 0. The van der Waals surface area contributed by atoms with Crippen LogP contribution >= 0.6 is 0 Å². The molecule has 7 nitrogen and oxygen atoms in total. The van der Waals surface area contributed by atoms with Crippen LogP contribution in [0.1, 0.15) is 356 Å². The van der Waals surface area contributed by atoms with E-state index in [1.807, 2.05) is 0 Å². The first-order valence-electron chi connectivity index (χ1n) is 33.1. The molecule has 0 aliphatic carbocycles. The molecule has 0 aromatic rings. The van der Waals surface area contributed by atoms with Crippen LogP contribution < -0.4 is 5.32 Å². The summed E-state index contributed by atoms with van der Waals surface area (Å²) >= 11 is 0. The molecule has 0 spiro atoms. The van der Waals surface area contributed by atoms with Crippen molar-refractivity contribution < 1.29 is 19.1 Å². The molecule has 0 radical (unpaired) electrons. The van der Waals surface area contributed by atoms with E-state index in [4.69, 9.17) is 4.74 Å². The summed E-state index contributed by atoms with van der Waals surface area (Å²) in [5, 5.41) is 3.54. The van der Waals surface area contributed by atoms with E-state index in [1.54, 1.807) is 0 Å². The predicted octanol–water partition coefficient (Wildman–Crippen LogP) is 20.0. The summed E-state index contributed by atoms with van der Waals surface area (Å²) < 4.78 is 5.79. The maximum Gasteiger partial charge on any atom is 0.305 e. The Morgan fingerprint density at radius 1 is 0.384 bits per heavy atom. The fourth-order valence-electron chi connectivity index (χ4n) is 10.9. The van der Waals surface area contributed by atoms with Crippen LogP contribution in [0.4, 0.5) is 0 Å². The molecule has 3 atom stereocenters. The molecule has 0 aromatic carbocycles. The average Bonchev–Trinajstić information content (AvgIpc) is 3.38. The first kappa shape index (κ1) is 71.4. The van der Waals surface area contributed by atoms with Crippen LogP contribution in [0.2, 0.25) is 0 Å². The molecule has 0 heterocycles. The van der Waals surface area contributed by atoms with Crippen LogP contribution in [-0.2, 0) is 19.1 Å². The average molecular weight is 1030 g/mol. The second-order valence-corrected chi connectivity index (χ2v) is 23.5. The maximum atomic E-state index is 13.6. The Kier molecular flexibility index (Phi) is 55.3. The molecule has 0 bridgehead atoms. The van der Waals surface area contributed by atoms with E-state index in [1.165, 1.54) is 225 Å². The molecule has 0 saturated carbocycles. The normalized spacial score (nSPS) is 12.9. The van der Waals surface area contributed by atoms with Crippen molar-refractivity contribution in [1.82, 2.24) is 15.1 Å². The molecule has 7 heteroatoms. The molecule has 1 N–H and O–H groups in total. The zero-order valence-electron chi connectivity index (χ0n) is 50.7. The Labute approximate surface area is 457 Å². The van der Waals surface area contributed by atoms with Crippen LogP contribution in [0.15, 0.2) is 0 Å². The molecule has 2 amide bonds. The molecule has 0 fully saturated rings. The SMILES string of the molecule is CCCCCCCCCCC(CC(=O)NC(CCCCCCCCC(=O)OCC(CCCC)CCCCCC)CCCCCCCCC(=O)N(CCCCCCCCCC)CCCCCCCCCC)N(C)C. The van der Waals surface area contributed by atoms with Crippen molar-refractivity contribution in [3.8, 4) is 0 Å². The third-order valence-electron chi connectivity index (χ3n) is 16.1. The number of ether oxygens (including phenoxy) is 1. The highest BCUT2D eigenvalue weighted by atomic mass is 16.5. The molecule has 73 heavy (non-hydrogen) atoms. The lowest BCUT2D eigenvalue weighted by Crippen LogP contribution is -2.39. The van der Waals surface area contributed by atoms with Gasteiger partial charge in [0.15, 0.2) is 0 Å². The summed E-state index contributed by atoms with van der Waals surface area (Å²) in [6.07, 6.45) is 60.1. The summed E-state index contributed by atoms with van der Waals surface area (Å²) in [5.74, 6) is 1.14. The summed E-state index contributed by atoms with van der Waals surface area (Å²) in [4.78, 5) is 44.3. The first-order chi connectivity index (χ1) is 35.7. The summed E-state index contributed by atoms with van der Waals surface area (Å²) in [6, 6.07) is 0.539. The van der Waals surface area contributed by atoms with Crippen molar-refractivity contribution in [2.24, 2.45) is 5.92 Å². The van der Waals surface area contributed by atoms with Crippen LogP contribution in [0.5, 0.6) is 0 Å². The molecular formula is C66H131N3O4. The lowest BCUT2D eigenvalue weighted by atomic mass is 9.96. The zero-order chi connectivity index (χ0) is 53.5. The van der Waals surface area contributed by atoms with Crippen LogP contribution in [0, 0.1) is 5.92 Å². The van der Waals surface area contributed by atoms with Crippen molar-refractivity contribution in [2.75, 3.05) is 33.8 Å². The molecule has 3 unspecified atom stereocenters. The smallest absolute Gasteiger partial charge is 0.305 e. The van der Waals surface area contributed by atoms with Gasteiger partial charge in [0.1, 0.15) is 0 Å². The summed E-state index contributed by atoms with van der Waals surface area (Å²) in [7, 11) is 4.29. The third-order valence-corrected chi connectivity index (χ3v) is 16.1. The van der Waals surface area contributed by atoms with E-state index in [0.717, 1.165) is 90.1 Å². The Morgan fingerprint density at radius 3 is 1.16 bits per heavy atom. The standard InChI is InChI=1S/C66H131N3O4/c1-8-13-18-22-25-28-37-45-54-63(68(6)7)59-64(70)67-62(53-44-36-30-32-39-47-56-66(72)73-60-61(50-17-12-5)51-42-21-16-11-4)52-43-35-29-31-38-46-55-65(71)69(57-48-40-33-26-23-19-14-9-2)58-49-41-34-27-24-20-15-10-3/h61-63H,8-60H2,1-7H3,(H,67,70). The van der Waals surface area contributed by atoms with Crippen molar-refractivity contribution in [3.05, 3.63) is 0 Å². The lowest BCUT2D eigenvalue weighted by Gasteiger charge is -2.26. The molecule has 0 saturated heterocycles. The number of rotatable bonds is 59. The molecule has 0 aromatic heterocycles. The highest BCUT2D eigenvalue weighted by Crippen LogP contribution is 2.21. The van der Waals surface area contributed by atoms with Crippen LogP contribution in [0.3, 0.4) is 0 Å². The van der Waals surface area contributed by atoms with Gasteiger partial charge in [-0.2, -0.15) is 0 Å². The van der Waals surface area contributed by atoms with E-state index in [0.29, 0.717) is 43.7 Å². The topological polar surface area (TPSA) is 78.9 Å². The Hall–Kier alpha value is -1.63. The monoisotopic (exact) mass is 1030 g/mol. The van der Waals surface area contributed by atoms with Gasteiger partial charge >= 0.3 is 5.97 Å². The number of hydrogen-bond donors (Lipinski definition) is 1. The number of carbonyl (C=O) groups is 3. The van der Waals surface area contributed by atoms with E-state index in [-0.39, 0.29) is 17.9 Å². The number of carbonyl (C=O) groups excluding carboxylic acids is 3. The molecule has 434 valence electrons. The van der Waals surface area contributed by atoms with Gasteiger partial charge in [0.25, 0.3) is 0 Å². The van der Waals surface area contributed by atoms with E-state index < -0.39 is 0 Å². The van der Waals surface area contributed by atoms with Crippen molar-refractivity contribution in [3.63, 3.8) is 0 Å². The number of hydrogen-bond acceptors (Lipinski definition) is 5. The predicted molar refractivity (Wildman–Crippen MR) is 320 cm³/mol. The number of esters is 1. The molecule has 0 aliphatic heterocycles. The molecule has 0 aliphatic rings. The number of amides is 2. The minimum atomic E-state index is -0.00596. The van der Waals surface area contributed by atoms with Gasteiger partial charge < -0.3 is 19.9 Å². The van der Waals surface area contributed by atoms with Gasteiger partial charge in [0.05, 0.1) is 6.61 Å². The maximum absolute atomic E-state index is 13.6. The van der Waals surface area contributed by atoms with Gasteiger partial charge in [-0.15, -0.1) is 0 Å². The van der Waals surface area contributed by atoms with Gasteiger partial charge in [0.2, 0.25) is 11.8 Å². The highest BCUT2D eigenvalue weighted by molar-refractivity contribution is 5.77. The second-order valence-electron chi connectivity index (χ2n) is 23.5. The van der Waals surface area contributed by atoms with Crippen molar-refractivity contribution in [2.45, 2.75) is 368 Å². The molecular weight excluding hydrogens is 899 g/mol. The van der Waals surface area contributed by atoms with E-state index in [2.05, 4.69) is 63.8 Å². The Balaban J connectivity index is 4.96. The van der Waals surface area contributed by atoms with Gasteiger partial charge in [-0.05, 0) is 77.8 Å². The quantitative estimate of drug-likeness (QED) is 0.0485. The number of nitrogens with zero attached hydrogens (tertiary/aromatic N) is 2. The summed E-state index contributed by atoms with van der Waals surface area (Å²) in [6.45, 7) is 13.9. The van der Waals surface area contributed by atoms with Crippen LogP contribution in [0.25, 0.3) is 0 Å². The van der Waals surface area contributed by atoms with Crippen LogP contribution in [-0.4, -0.2) is 73.5 Å². The van der Waals surface area contributed by atoms with Gasteiger partial charge in [0, 0.05) is 44.4 Å². The van der Waals surface area contributed by atoms with Gasteiger partial charge in [-0.3, -0.25) is 14.4 Å². The zero-order valence-corrected chi connectivity index (χ0v) is 50.7. The minimum Gasteiger partial charge on any atom is -0.465 e. The van der Waals surface area contributed by atoms with Gasteiger partial charge in [-0.25, -0.2) is 0 Å². The third kappa shape index (κ3) is 49.7.